The van der Waals surface area contributed by atoms with Gasteiger partial charge in [0.25, 0.3) is 0 Å². The van der Waals surface area contributed by atoms with E-state index in [0.717, 1.165) is 5.56 Å². The number of amides is 1. The van der Waals surface area contributed by atoms with Gasteiger partial charge in [-0.05, 0) is 42.9 Å². The second-order valence-electron chi connectivity index (χ2n) is 4.97. The molecule has 3 nitrogen and oxygen atoms in total. The fourth-order valence-electron chi connectivity index (χ4n) is 1.98. The largest absolute Gasteiger partial charge is 0.324 e. The average Bonchev–Trinajstić information content (AvgIpc) is 2.44. The predicted octanol–water partition coefficient (Wildman–Crippen LogP) is 4.72. The third-order valence-electron chi connectivity index (χ3n) is 2.98. The topological polar surface area (TPSA) is 32.3 Å². The maximum absolute atomic E-state index is 12.0. The Bertz CT molecular complexity index is 659. The first-order valence-electron chi connectivity index (χ1n) is 6.62. The number of rotatable bonds is 5. The lowest BCUT2D eigenvalue weighted by Gasteiger charge is -2.16. The molecular formula is C16H15Cl3N2O. The summed E-state index contributed by atoms with van der Waals surface area (Å²) in [5.41, 5.74) is 1.64. The Balaban J connectivity index is 1.89. The van der Waals surface area contributed by atoms with Crippen molar-refractivity contribution in [2.45, 2.75) is 6.54 Å². The van der Waals surface area contributed by atoms with Crippen LogP contribution in [0.4, 0.5) is 5.69 Å². The summed E-state index contributed by atoms with van der Waals surface area (Å²) in [5, 5.41) is 4.41. The number of anilines is 1. The summed E-state index contributed by atoms with van der Waals surface area (Å²) < 4.78 is 0. The van der Waals surface area contributed by atoms with Gasteiger partial charge in [0.1, 0.15) is 0 Å². The van der Waals surface area contributed by atoms with Crippen molar-refractivity contribution in [3.63, 3.8) is 0 Å². The van der Waals surface area contributed by atoms with Gasteiger partial charge >= 0.3 is 0 Å². The van der Waals surface area contributed by atoms with E-state index < -0.39 is 0 Å². The van der Waals surface area contributed by atoms with Crippen molar-refractivity contribution in [3.8, 4) is 0 Å². The second-order valence-corrected chi connectivity index (χ2v) is 6.25. The minimum Gasteiger partial charge on any atom is -0.324 e. The molecule has 0 heterocycles. The van der Waals surface area contributed by atoms with Crippen molar-refractivity contribution in [2.24, 2.45) is 0 Å². The smallest absolute Gasteiger partial charge is 0.238 e. The molecule has 0 aliphatic heterocycles. The molecule has 1 amide bonds. The lowest BCUT2D eigenvalue weighted by atomic mass is 10.2. The summed E-state index contributed by atoms with van der Waals surface area (Å²) in [6, 6.07) is 12.5. The Morgan fingerprint density at radius 3 is 2.32 bits per heavy atom. The van der Waals surface area contributed by atoms with E-state index in [1.165, 1.54) is 0 Å². The third-order valence-corrected chi connectivity index (χ3v) is 3.78. The van der Waals surface area contributed by atoms with Gasteiger partial charge in [-0.2, -0.15) is 0 Å². The molecule has 22 heavy (non-hydrogen) atoms. The van der Waals surface area contributed by atoms with E-state index >= 15 is 0 Å². The Hall–Kier alpha value is -1.26. The molecule has 0 saturated carbocycles. The highest BCUT2D eigenvalue weighted by Crippen LogP contribution is 2.25. The Morgan fingerprint density at radius 1 is 1.05 bits per heavy atom. The molecule has 0 atom stereocenters. The van der Waals surface area contributed by atoms with E-state index in [1.807, 2.05) is 36.2 Å². The number of carbonyl (C=O) groups is 1. The second kappa shape index (κ2) is 7.84. The molecule has 0 fully saturated rings. The molecule has 1 N–H and O–H groups in total. The van der Waals surface area contributed by atoms with Gasteiger partial charge in [0, 0.05) is 16.6 Å². The Labute approximate surface area is 144 Å². The van der Waals surface area contributed by atoms with Crippen LogP contribution >= 0.6 is 34.8 Å². The standard InChI is InChI=1S/C16H15Cl3N2O/c1-21(9-11-2-4-12(17)5-3-11)10-16(22)20-15-7-6-13(18)8-14(15)19/h2-8H,9-10H2,1H3,(H,20,22). The molecule has 6 heteroatoms. The van der Waals surface area contributed by atoms with Gasteiger partial charge in [-0.3, -0.25) is 9.69 Å². The zero-order chi connectivity index (χ0) is 16.1. The summed E-state index contributed by atoms with van der Waals surface area (Å²) in [4.78, 5) is 13.9. The number of halogens is 3. The van der Waals surface area contributed by atoms with Crippen LogP contribution in [-0.2, 0) is 11.3 Å². The van der Waals surface area contributed by atoms with Crippen LogP contribution in [0.5, 0.6) is 0 Å². The van der Waals surface area contributed by atoms with E-state index in [9.17, 15) is 4.79 Å². The highest BCUT2D eigenvalue weighted by Gasteiger charge is 2.10. The first kappa shape index (κ1) is 17.1. The van der Waals surface area contributed by atoms with E-state index in [2.05, 4.69) is 5.32 Å². The van der Waals surface area contributed by atoms with Gasteiger partial charge in [-0.25, -0.2) is 0 Å². The van der Waals surface area contributed by atoms with Crippen molar-refractivity contribution in [3.05, 3.63) is 63.1 Å². The number of hydrogen-bond donors (Lipinski definition) is 1. The minimum atomic E-state index is -0.138. The van der Waals surface area contributed by atoms with E-state index in [4.69, 9.17) is 34.8 Å². The summed E-state index contributed by atoms with van der Waals surface area (Å²) >= 11 is 17.7. The maximum atomic E-state index is 12.0. The summed E-state index contributed by atoms with van der Waals surface area (Å²) in [7, 11) is 1.87. The summed E-state index contributed by atoms with van der Waals surface area (Å²) in [6.45, 7) is 0.903. The van der Waals surface area contributed by atoms with Crippen LogP contribution in [-0.4, -0.2) is 24.4 Å². The third kappa shape index (κ3) is 5.18. The number of hydrogen-bond acceptors (Lipinski definition) is 2. The number of likely N-dealkylation sites (N-methyl/N-ethyl adjacent to an activating group) is 1. The average molecular weight is 358 g/mol. The zero-order valence-corrected chi connectivity index (χ0v) is 14.2. The predicted molar refractivity (Wildman–Crippen MR) is 92.9 cm³/mol. The molecular weight excluding hydrogens is 343 g/mol. The highest BCUT2D eigenvalue weighted by molar-refractivity contribution is 6.36. The molecule has 2 aromatic rings. The highest BCUT2D eigenvalue weighted by atomic mass is 35.5. The van der Waals surface area contributed by atoms with Gasteiger partial charge in [-0.15, -0.1) is 0 Å². The van der Waals surface area contributed by atoms with E-state index in [-0.39, 0.29) is 12.5 Å². The number of benzene rings is 2. The first-order chi connectivity index (χ1) is 10.4. The molecule has 0 aliphatic rings. The molecule has 0 aliphatic carbocycles. The molecule has 2 rings (SSSR count). The Kier molecular flexibility index (Phi) is 6.09. The van der Waals surface area contributed by atoms with Gasteiger partial charge in [0.15, 0.2) is 0 Å². The monoisotopic (exact) mass is 356 g/mol. The van der Waals surface area contributed by atoms with Gasteiger partial charge < -0.3 is 5.32 Å². The maximum Gasteiger partial charge on any atom is 0.238 e. The molecule has 0 unspecified atom stereocenters. The molecule has 0 bridgehead atoms. The molecule has 0 radical (unpaired) electrons. The lowest BCUT2D eigenvalue weighted by molar-refractivity contribution is -0.117. The van der Waals surface area contributed by atoms with Gasteiger partial charge in [-0.1, -0.05) is 46.9 Å². The van der Waals surface area contributed by atoms with Crippen LogP contribution in [0.1, 0.15) is 5.56 Å². The Morgan fingerprint density at radius 2 is 1.68 bits per heavy atom. The fraction of sp³-hybridized carbons (Fsp3) is 0.188. The van der Waals surface area contributed by atoms with Crippen molar-refractivity contribution in [2.75, 3.05) is 18.9 Å². The van der Waals surface area contributed by atoms with E-state index in [1.54, 1.807) is 18.2 Å². The molecule has 116 valence electrons. The quantitative estimate of drug-likeness (QED) is 0.840. The van der Waals surface area contributed by atoms with Crippen LogP contribution in [0.25, 0.3) is 0 Å². The minimum absolute atomic E-state index is 0.138. The normalized spacial score (nSPS) is 10.8. The van der Waals surface area contributed by atoms with Crippen LogP contribution in [0.15, 0.2) is 42.5 Å². The van der Waals surface area contributed by atoms with Crippen LogP contribution < -0.4 is 5.32 Å². The number of nitrogens with one attached hydrogen (secondary N) is 1. The zero-order valence-electron chi connectivity index (χ0n) is 11.9. The fourth-order valence-corrected chi connectivity index (χ4v) is 2.56. The van der Waals surface area contributed by atoms with Crippen molar-refractivity contribution in [1.82, 2.24) is 4.90 Å². The number of nitrogens with zero attached hydrogens (tertiary/aromatic N) is 1. The lowest BCUT2D eigenvalue weighted by Crippen LogP contribution is -2.29. The number of carbonyl (C=O) groups excluding carboxylic acids is 1. The van der Waals surface area contributed by atoms with Gasteiger partial charge in [0.05, 0.1) is 17.3 Å². The van der Waals surface area contributed by atoms with Crippen LogP contribution in [0, 0.1) is 0 Å². The molecule has 2 aromatic carbocycles. The first-order valence-corrected chi connectivity index (χ1v) is 7.75. The molecule has 0 spiro atoms. The van der Waals surface area contributed by atoms with Crippen LogP contribution in [0.2, 0.25) is 15.1 Å². The van der Waals surface area contributed by atoms with E-state index in [0.29, 0.717) is 27.3 Å². The van der Waals surface area contributed by atoms with Crippen molar-refractivity contribution < 1.29 is 4.79 Å². The summed E-state index contributed by atoms with van der Waals surface area (Å²) in [6.07, 6.45) is 0. The van der Waals surface area contributed by atoms with Crippen molar-refractivity contribution in [1.29, 1.82) is 0 Å². The van der Waals surface area contributed by atoms with Gasteiger partial charge in [0.2, 0.25) is 5.91 Å². The molecule has 0 saturated heterocycles. The molecule has 0 aromatic heterocycles. The summed E-state index contributed by atoms with van der Waals surface area (Å²) in [5.74, 6) is -0.138. The van der Waals surface area contributed by atoms with Crippen LogP contribution in [0.3, 0.4) is 0 Å². The SMILES string of the molecule is CN(CC(=O)Nc1ccc(Cl)cc1Cl)Cc1ccc(Cl)cc1. The van der Waals surface area contributed by atoms with Crippen molar-refractivity contribution >= 4 is 46.4 Å².